The Morgan fingerprint density at radius 1 is 1.15 bits per heavy atom. The van der Waals surface area contributed by atoms with Gasteiger partial charge in [-0.3, -0.25) is 4.98 Å². The van der Waals surface area contributed by atoms with Crippen LogP contribution in [0.25, 0.3) is 16.6 Å². The van der Waals surface area contributed by atoms with Gasteiger partial charge in [0, 0.05) is 23.5 Å². The average molecular weight is 357 g/mol. The zero-order valence-corrected chi connectivity index (χ0v) is 15.1. The smallest absolute Gasteiger partial charge is 0.339 e. The van der Waals surface area contributed by atoms with Gasteiger partial charge in [0.05, 0.1) is 16.8 Å². The second-order valence-corrected chi connectivity index (χ2v) is 7.01. The first kappa shape index (κ1) is 16.0. The van der Waals surface area contributed by atoms with Gasteiger partial charge in [0.15, 0.2) is 0 Å². The summed E-state index contributed by atoms with van der Waals surface area (Å²) in [6.07, 6.45) is 6.69. The number of imidazole rings is 1. The third kappa shape index (κ3) is 2.67. The van der Waals surface area contributed by atoms with Crippen LogP contribution in [0.5, 0.6) is 0 Å². The summed E-state index contributed by atoms with van der Waals surface area (Å²) in [6, 6.07) is 11.8. The van der Waals surface area contributed by atoms with Crippen LogP contribution >= 0.6 is 0 Å². The zero-order chi connectivity index (χ0) is 18.4. The van der Waals surface area contributed by atoms with Gasteiger partial charge in [-0.2, -0.15) is 0 Å². The van der Waals surface area contributed by atoms with Crippen molar-refractivity contribution in [3.63, 3.8) is 0 Å². The molecule has 1 aromatic carbocycles. The van der Waals surface area contributed by atoms with E-state index in [1.165, 1.54) is 0 Å². The Morgan fingerprint density at radius 3 is 2.93 bits per heavy atom. The third-order valence-electron chi connectivity index (χ3n) is 5.20. The Kier molecular flexibility index (Phi) is 3.67. The molecule has 0 aliphatic heterocycles. The highest BCUT2D eigenvalue weighted by Gasteiger charge is 2.24. The highest BCUT2D eigenvalue weighted by Crippen LogP contribution is 2.30. The second kappa shape index (κ2) is 6.20. The lowest BCUT2D eigenvalue weighted by Gasteiger charge is -2.11. The van der Waals surface area contributed by atoms with Crippen molar-refractivity contribution in [3.8, 4) is 0 Å². The number of hydrogen-bond acceptors (Lipinski definition) is 4. The number of carbonyl (C=O) groups is 1. The summed E-state index contributed by atoms with van der Waals surface area (Å²) in [6.45, 7) is 2.18. The molecule has 3 aromatic heterocycles. The van der Waals surface area contributed by atoms with E-state index >= 15 is 0 Å². The monoisotopic (exact) mass is 357 g/mol. The standard InChI is InChI=1S/C22H19N3O2/c1-14-6-5-11-25-12-15(23-21(14)25)13-27-22(26)20-16-7-2-3-9-18(16)24-19-10-4-8-17(19)20/h2-3,5-7,9,11-12H,4,8,10,13H2,1H3. The van der Waals surface area contributed by atoms with Gasteiger partial charge >= 0.3 is 5.97 Å². The molecule has 0 amide bonds. The van der Waals surface area contributed by atoms with Crippen molar-refractivity contribution in [2.24, 2.45) is 0 Å². The Morgan fingerprint density at radius 2 is 2.04 bits per heavy atom. The quantitative estimate of drug-likeness (QED) is 0.519. The Hall–Kier alpha value is -3.21. The summed E-state index contributed by atoms with van der Waals surface area (Å²) >= 11 is 0. The van der Waals surface area contributed by atoms with E-state index in [-0.39, 0.29) is 12.6 Å². The lowest BCUT2D eigenvalue weighted by molar-refractivity contribution is 0.0469. The van der Waals surface area contributed by atoms with Crippen molar-refractivity contribution in [2.75, 3.05) is 0 Å². The molecule has 0 unspecified atom stereocenters. The first-order chi connectivity index (χ1) is 13.2. The van der Waals surface area contributed by atoms with Crippen LogP contribution in [-0.4, -0.2) is 20.3 Å². The highest BCUT2D eigenvalue weighted by molar-refractivity contribution is 6.05. The maximum absolute atomic E-state index is 13.0. The minimum atomic E-state index is -0.291. The van der Waals surface area contributed by atoms with Crippen molar-refractivity contribution in [2.45, 2.75) is 32.8 Å². The lowest BCUT2D eigenvalue weighted by Crippen LogP contribution is -2.10. The molecule has 0 saturated heterocycles. The van der Waals surface area contributed by atoms with Crippen molar-refractivity contribution in [1.82, 2.24) is 14.4 Å². The number of nitrogens with zero attached hydrogens (tertiary/aromatic N) is 3. The molecule has 3 heterocycles. The average Bonchev–Trinajstić information content (AvgIpc) is 3.31. The van der Waals surface area contributed by atoms with Crippen molar-refractivity contribution in [3.05, 3.63) is 76.9 Å². The van der Waals surface area contributed by atoms with Crippen LogP contribution in [-0.2, 0) is 24.2 Å². The predicted molar refractivity (Wildman–Crippen MR) is 103 cm³/mol. The summed E-state index contributed by atoms with van der Waals surface area (Å²) in [5.74, 6) is -0.291. The van der Waals surface area contributed by atoms with Crippen molar-refractivity contribution >= 4 is 22.5 Å². The summed E-state index contributed by atoms with van der Waals surface area (Å²) in [5, 5.41) is 0.869. The van der Waals surface area contributed by atoms with Crippen LogP contribution in [0.2, 0.25) is 0 Å². The molecule has 0 spiro atoms. The number of carbonyl (C=O) groups excluding carboxylic acids is 1. The number of fused-ring (bicyclic) bond motifs is 3. The first-order valence-electron chi connectivity index (χ1n) is 9.21. The van der Waals surface area contributed by atoms with Gasteiger partial charge in [0.1, 0.15) is 12.3 Å². The molecule has 0 N–H and O–H groups in total. The van der Waals surface area contributed by atoms with Gasteiger partial charge in [-0.25, -0.2) is 9.78 Å². The van der Waals surface area contributed by atoms with Crippen LogP contribution < -0.4 is 0 Å². The van der Waals surface area contributed by atoms with Gasteiger partial charge in [-0.15, -0.1) is 0 Å². The largest absolute Gasteiger partial charge is 0.455 e. The maximum Gasteiger partial charge on any atom is 0.339 e. The molecule has 0 bridgehead atoms. The molecule has 0 radical (unpaired) electrons. The normalized spacial score (nSPS) is 13.2. The number of pyridine rings is 2. The zero-order valence-electron chi connectivity index (χ0n) is 15.1. The molecule has 5 heteroatoms. The van der Waals surface area contributed by atoms with E-state index in [1.807, 2.05) is 60.1 Å². The minimum Gasteiger partial charge on any atom is -0.455 e. The first-order valence-corrected chi connectivity index (χ1v) is 9.21. The summed E-state index contributed by atoms with van der Waals surface area (Å²) in [4.78, 5) is 22.3. The molecular weight excluding hydrogens is 338 g/mol. The van der Waals surface area contributed by atoms with Gasteiger partial charge in [-0.05, 0) is 49.4 Å². The van der Waals surface area contributed by atoms with E-state index in [0.717, 1.165) is 58.3 Å². The number of para-hydroxylation sites is 1. The van der Waals surface area contributed by atoms with E-state index < -0.39 is 0 Å². The summed E-state index contributed by atoms with van der Waals surface area (Å²) in [5.41, 5.74) is 6.33. The summed E-state index contributed by atoms with van der Waals surface area (Å²) in [7, 11) is 0. The Balaban J connectivity index is 1.48. The molecule has 27 heavy (non-hydrogen) atoms. The lowest BCUT2D eigenvalue weighted by atomic mass is 10.0. The van der Waals surface area contributed by atoms with Gasteiger partial charge in [-0.1, -0.05) is 24.3 Å². The van der Waals surface area contributed by atoms with Crippen LogP contribution in [0.1, 0.15) is 39.3 Å². The molecule has 4 aromatic rings. The number of ether oxygens (including phenoxy) is 1. The number of rotatable bonds is 3. The van der Waals surface area contributed by atoms with Crippen LogP contribution in [0, 0.1) is 6.92 Å². The van der Waals surface area contributed by atoms with E-state index in [0.29, 0.717) is 5.56 Å². The molecule has 1 aliphatic rings. The maximum atomic E-state index is 13.0. The van der Waals surface area contributed by atoms with Gasteiger partial charge in [0.25, 0.3) is 0 Å². The fraction of sp³-hybridized carbons (Fsp3) is 0.227. The number of hydrogen-bond donors (Lipinski definition) is 0. The topological polar surface area (TPSA) is 56.5 Å². The Labute approximate surface area is 156 Å². The van der Waals surface area contributed by atoms with Gasteiger partial charge < -0.3 is 9.14 Å². The molecule has 5 nitrogen and oxygen atoms in total. The molecule has 0 atom stereocenters. The second-order valence-electron chi connectivity index (χ2n) is 7.01. The Bertz CT molecular complexity index is 1190. The molecule has 5 rings (SSSR count). The van der Waals surface area contributed by atoms with E-state index in [2.05, 4.69) is 4.98 Å². The number of aryl methyl sites for hydroxylation is 2. The van der Waals surface area contributed by atoms with Crippen LogP contribution in [0.15, 0.2) is 48.8 Å². The van der Waals surface area contributed by atoms with Gasteiger partial charge in [0.2, 0.25) is 0 Å². The van der Waals surface area contributed by atoms with Crippen molar-refractivity contribution in [1.29, 1.82) is 0 Å². The summed E-state index contributed by atoms with van der Waals surface area (Å²) < 4.78 is 7.63. The van der Waals surface area contributed by atoms with E-state index in [4.69, 9.17) is 9.72 Å². The third-order valence-corrected chi connectivity index (χ3v) is 5.20. The number of benzene rings is 1. The van der Waals surface area contributed by atoms with Crippen molar-refractivity contribution < 1.29 is 9.53 Å². The number of aromatic nitrogens is 3. The predicted octanol–water partition coefficient (Wildman–Crippen LogP) is 4.04. The fourth-order valence-corrected chi connectivity index (χ4v) is 3.93. The molecule has 1 aliphatic carbocycles. The molecule has 0 saturated carbocycles. The van der Waals surface area contributed by atoms with Crippen LogP contribution in [0.4, 0.5) is 0 Å². The van der Waals surface area contributed by atoms with E-state index in [1.54, 1.807) is 0 Å². The molecular formula is C22H19N3O2. The number of esters is 1. The molecule has 0 fully saturated rings. The fourth-order valence-electron chi connectivity index (χ4n) is 3.93. The highest BCUT2D eigenvalue weighted by atomic mass is 16.5. The van der Waals surface area contributed by atoms with E-state index in [9.17, 15) is 4.79 Å². The van der Waals surface area contributed by atoms with Crippen LogP contribution in [0.3, 0.4) is 0 Å². The molecule has 134 valence electrons. The minimum absolute atomic E-state index is 0.158. The SMILES string of the molecule is Cc1cccn2cc(COC(=O)c3c4c(nc5ccccc35)CCC4)nc12.